The molecule has 2 aromatic rings. The van der Waals surface area contributed by atoms with E-state index < -0.39 is 17.5 Å². The first kappa shape index (κ1) is 11.5. The Labute approximate surface area is 96.5 Å². The van der Waals surface area contributed by atoms with Gasteiger partial charge in [-0.1, -0.05) is 0 Å². The van der Waals surface area contributed by atoms with Crippen LogP contribution in [-0.2, 0) is 0 Å². The van der Waals surface area contributed by atoms with Gasteiger partial charge < -0.3 is 4.74 Å². The Morgan fingerprint density at radius 2 is 1.65 bits per heavy atom. The summed E-state index contributed by atoms with van der Waals surface area (Å²) in [5.41, 5.74) is 0.238. The molecule has 0 saturated carbocycles. The highest BCUT2D eigenvalue weighted by Crippen LogP contribution is 2.28. The lowest BCUT2D eigenvalue weighted by Crippen LogP contribution is -1.90. The molecule has 0 aliphatic rings. The molecule has 0 aliphatic heterocycles. The van der Waals surface area contributed by atoms with Crippen molar-refractivity contribution in [2.24, 2.45) is 0 Å². The third kappa shape index (κ3) is 2.41. The summed E-state index contributed by atoms with van der Waals surface area (Å²) in [5.74, 6) is -1.50. The van der Waals surface area contributed by atoms with Gasteiger partial charge in [-0.15, -0.1) is 0 Å². The number of hydrogen-bond donors (Lipinski definition) is 0. The van der Waals surface area contributed by atoms with Crippen LogP contribution in [0.3, 0.4) is 0 Å². The SMILES string of the molecule is COc1cc(F)cc(-c2cc(F)ccc2F)c1. The number of methoxy groups -OCH3 is 1. The van der Waals surface area contributed by atoms with Gasteiger partial charge in [0.1, 0.15) is 23.2 Å². The second kappa shape index (κ2) is 4.49. The first-order valence-corrected chi connectivity index (χ1v) is 4.90. The number of hydrogen-bond acceptors (Lipinski definition) is 1. The Bertz CT molecular complexity index is 552. The van der Waals surface area contributed by atoms with Gasteiger partial charge in [0.05, 0.1) is 7.11 Å². The number of benzene rings is 2. The second-order valence-corrected chi connectivity index (χ2v) is 3.50. The van der Waals surface area contributed by atoms with Crippen molar-refractivity contribution in [3.05, 3.63) is 53.8 Å². The molecule has 0 aliphatic carbocycles. The summed E-state index contributed by atoms with van der Waals surface area (Å²) >= 11 is 0. The smallest absolute Gasteiger partial charge is 0.131 e. The minimum Gasteiger partial charge on any atom is -0.497 e. The molecule has 0 unspecified atom stereocenters. The van der Waals surface area contributed by atoms with Gasteiger partial charge in [0.15, 0.2) is 0 Å². The van der Waals surface area contributed by atoms with E-state index in [0.29, 0.717) is 0 Å². The molecule has 0 amide bonds. The predicted molar refractivity (Wildman–Crippen MR) is 58.3 cm³/mol. The van der Waals surface area contributed by atoms with Crippen molar-refractivity contribution >= 4 is 0 Å². The Morgan fingerprint density at radius 3 is 2.35 bits per heavy atom. The summed E-state index contributed by atoms with van der Waals surface area (Å²) in [5, 5.41) is 0. The molecule has 0 spiro atoms. The number of ether oxygens (including phenoxy) is 1. The molecule has 0 fully saturated rings. The quantitative estimate of drug-likeness (QED) is 0.773. The lowest BCUT2D eigenvalue weighted by Gasteiger charge is -2.06. The van der Waals surface area contributed by atoms with Crippen molar-refractivity contribution in [2.45, 2.75) is 0 Å². The molecule has 0 N–H and O–H groups in total. The highest BCUT2D eigenvalue weighted by Gasteiger charge is 2.09. The van der Waals surface area contributed by atoms with Crippen molar-refractivity contribution in [3.63, 3.8) is 0 Å². The molecular weight excluding hydrogens is 229 g/mol. The minimum atomic E-state index is -0.612. The van der Waals surface area contributed by atoms with Crippen LogP contribution in [0.15, 0.2) is 36.4 Å². The van der Waals surface area contributed by atoms with Crippen molar-refractivity contribution in [3.8, 4) is 16.9 Å². The van der Waals surface area contributed by atoms with Crippen molar-refractivity contribution < 1.29 is 17.9 Å². The molecule has 88 valence electrons. The second-order valence-electron chi connectivity index (χ2n) is 3.50. The maximum absolute atomic E-state index is 13.5. The third-order valence-corrected chi connectivity index (χ3v) is 2.35. The summed E-state index contributed by atoms with van der Waals surface area (Å²) in [6.07, 6.45) is 0. The number of rotatable bonds is 2. The van der Waals surface area contributed by atoms with Crippen LogP contribution >= 0.6 is 0 Å². The van der Waals surface area contributed by atoms with Crippen LogP contribution in [-0.4, -0.2) is 7.11 Å². The highest BCUT2D eigenvalue weighted by atomic mass is 19.1. The van der Waals surface area contributed by atoms with Gasteiger partial charge in [0, 0.05) is 11.6 Å². The van der Waals surface area contributed by atoms with Crippen LogP contribution in [0.1, 0.15) is 0 Å². The lowest BCUT2D eigenvalue weighted by molar-refractivity contribution is 0.411. The Balaban J connectivity index is 2.59. The van der Waals surface area contributed by atoms with Gasteiger partial charge >= 0.3 is 0 Å². The topological polar surface area (TPSA) is 9.23 Å². The third-order valence-electron chi connectivity index (χ3n) is 2.35. The van der Waals surface area contributed by atoms with Crippen molar-refractivity contribution in [1.29, 1.82) is 0 Å². The highest BCUT2D eigenvalue weighted by molar-refractivity contribution is 5.66. The van der Waals surface area contributed by atoms with Crippen LogP contribution in [0.5, 0.6) is 5.75 Å². The van der Waals surface area contributed by atoms with E-state index in [2.05, 4.69) is 0 Å². The van der Waals surface area contributed by atoms with Crippen LogP contribution in [0.2, 0.25) is 0 Å². The molecule has 0 atom stereocenters. The number of halogens is 3. The standard InChI is InChI=1S/C13H9F3O/c1-17-11-5-8(4-10(15)6-11)12-7-9(14)2-3-13(12)16/h2-7H,1H3. The Kier molecular flexibility index (Phi) is 3.04. The predicted octanol–water partition coefficient (Wildman–Crippen LogP) is 3.78. The molecule has 1 nitrogen and oxygen atoms in total. The van der Waals surface area contributed by atoms with Gasteiger partial charge in [-0.25, -0.2) is 13.2 Å². The molecule has 2 rings (SSSR count). The van der Waals surface area contributed by atoms with E-state index in [0.717, 1.165) is 24.3 Å². The fourth-order valence-corrected chi connectivity index (χ4v) is 1.55. The Morgan fingerprint density at radius 1 is 0.882 bits per heavy atom. The monoisotopic (exact) mass is 238 g/mol. The maximum atomic E-state index is 13.5. The molecule has 0 aromatic heterocycles. The normalized spacial score (nSPS) is 10.4. The molecule has 0 radical (unpaired) electrons. The first-order chi connectivity index (χ1) is 8.10. The van der Waals surface area contributed by atoms with Gasteiger partial charge in [-0.05, 0) is 35.9 Å². The lowest BCUT2D eigenvalue weighted by atomic mass is 10.0. The maximum Gasteiger partial charge on any atom is 0.131 e. The molecular formula is C13H9F3O. The van der Waals surface area contributed by atoms with Crippen LogP contribution in [0.25, 0.3) is 11.1 Å². The van der Waals surface area contributed by atoms with Gasteiger partial charge in [0.2, 0.25) is 0 Å². The van der Waals surface area contributed by atoms with E-state index in [1.54, 1.807) is 0 Å². The largest absolute Gasteiger partial charge is 0.497 e. The molecule has 0 bridgehead atoms. The average Bonchev–Trinajstić information content (AvgIpc) is 2.31. The summed E-state index contributed by atoms with van der Waals surface area (Å²) in [6.45, 7) is 0. The summed E-state index contributed by atoms with van der Waals surface area (Å²) in [7, 11) is 1.38. The Hall–Kier alpha value is -1.97. The van der Waals surface area contributed by atoms with E-state index in [9.17, 15) is 13.2 Å². The van der Waals surface area contributed by atoms with Gasteiger partial charge in [-0.3, -0.25) is 0 Å². The molecule has 0 saturated heterocycles. The van der Waals surface area contributed by atoms with Crippen molar-refractivity contribution in [1.82, 2.24) is 0 Å². The van der Waals surface area contributed by atoms with Crippen molar-refractivity contribution in [2.75, 3.05) is 7.11 Å². The van der Waals surface area contributed by atoms with Gasteiger partial charge in [0.25, 0.3) is 0 Å². The van der Waals surface area contributed by atoms with E-state index in [1.165, 1.54) is 19.2 Å². The average molecular weight is 238 g/mol. The van der Waals surface area contributed by atoms with Crippen LogP contribution in [0, 0.1) is 17.5 Å². The fraction of sp³-hybridized carbons (Fsp3) is 0.0769. The minimum absolute atomic E-state index is 0.00259. The molecule has 0 heterocycles. The zero-order chi connectivity index (χ0) is 12.4. The van der Waals surface area contributed by atoms with E-state index >= 15 is 0 Å². The molecule has 4 heteroatoms. The fourth-order valence-electron chi connectivity index (χ4n) is 1.55. The van der Waals surface area contributed by atoms with Gasteiger partial charge in [-0.2, -0.15) is 0 Å². The van der Waals surface area contributed by atoms with E-state index in [4.69, 9.17) is 4.74 Å². The molecule has 17 heavy (non-hydrogen) atoms. The van der Waals surface area contributed by atoms with E-state index in [1.807, 2.05) is 0 Å². The summed E-state index contributed by atoms with van der Waals surface area (Å²) in [4.78, 5) is 0. The van der Waals surface area contributed by atoms with E-state index in [-0.39, 0.29) is 16.9 Å². The first-order valence-electron chi connectivity index (χ1n) is 4.90. The molecule has 2 aromatic carbocycles. The summed E-state index contributed by atoms with van der Waals surface area (Å²) < 4.78 is 44.6. The zero-order valence-electron chi connectivity index (χ0n) is 9.01. The zero-order valence-corrected chi connectivity index (χ0v) is 9.01. The van der Waals surface area contributed by atoms with Crippen LogP contribution in [0.4, 0.5) is 13.2 Å². The summed E-state index contributed by atoms with van der Waals surface area (Å²) in [6, 6.07) is 6.77. The van der Waals surface area contributed by atoms with Crippen LogP contribution < -0.4 is 4.74 Å².